The van der Waals surface area contributed by atoms with Crippen molar-refractivity contribution in [1.82, 2.24) is 9.88 Å². The number of halogens is 1. The van der Waals surface area contributed by atoms with Gasteiger partial charge in [0.25, 0.3) is 5.91 Å². The van der Waals surface area contributed by atoms with E-state index in [9.17, 15) is 13.2 Å². The van der Waals surface area contributed by atoms with Crippen LogP contribution in [0.25, 0.3) is 10.2 Å². The summed E-state index contributed by atoms with van der Waals surface area (Å²) in [6, 6.07) is 12.0. The second kappa shape index (κ2) is 9.55. The summed E-state index contributed by atoms with van der Waals surface area (Å²) >= 11 is 4.92. The van der Waals surface area contributed by atoms with E-state index in [2.05, 4.69) is 39.7 Å². The molecule has 1 heterocycles. The summed E-state index contributed by atoms with van der Waals surface area (Å²) < 4.78 is 25.8. The van der Waals surface area contributed by atoms with Gasteiger partial charge in [0.05, 0.1) is 15.1 Å². The van der Waals surface area contributed by atoms with E-state index in [4.69, 9.17) is 0 Å². The number of carbonyl (C=O) groups excluding carboxylic acids is 1. The van der Waals surface area contributed by atoms with Crippen molar-refractivity contribution >= 4 is 58.4 Å². The van der Waals surface area contributed by atoms with Crippen LogP contribution in [0.1, 0.15) is 24.2 Å². The number of carbonyl (C=O) groups is 1. The summed E-state index contributed by atoms with van der Waals surface area (Å²) in [6.45, 7) is 7.10. The lowest BCUT2D eigenvalue weighted by atomic mass is 10.2. The predicted octanol–water partition coefficient (Wildman–Crippen LogP) is 4.45. The molecule has 1 aromatic heterocycles. The van der Waals surface area contributed by atoms with Crippen molar-refractivity contribution < 1.29 is 13.2 Å². The molecule has 0 bridgehead atoms. The van der Waals surface area contributed by atoms with Gasteiger partial charge in [0, 0.05) is 29.4 Å². The molecule has 0 spiro atoms. The first-order valence-electron chi connectivity index (χ1n) is 9.63. The fourth-order valence-corrected chi connectivity index (χ4v) is 5.29. The second-order valence-electron chi connectivity index (χ2n) is 6.89. The number of hydrogen-bond acceptors (Lipinski definition) is 6. The minimum atomic E-state index is -3.41. The fourth-order valence-electron chi connectivity index (χ4n) is 3.08. The lowest BCUT2D eigenvalue weighted by molar-refractivity contribution is 0.0983. The van der Waals surface area contributed by atoms with Crippen LogP contribution < -0.4 is 4.90 Å². The lowest BCUT2D eigenvalue weighted by Gasteiger charge is -2.24. The molecule has 160 valence electrons. The number of fused-ring (bicyclic) bond motifs is 1. The maximum Gasteiger partial charge on any atom is 0.260 e. The van der Waals surface area contributed by atoms with E-state index in [-0.39, 0.29) is 10.8 Å². The van der Waals surface area contributed by atoms with Gasteiger partial charge in [-0.3, -0.25) is 9.69 Å². The first kappa shape index (κ1) is 22.9. The minimum Gasteiger partial charge on any atom is -0.302 e. The van der Waals surface area contributed by atoms with Crippen LogP contribution >= 0.6 is 27.3 Å². The van der Waals surface area contributed by atoms with Crippen molar-refractivity contribution in [2.45, 2.75) is 18.7 Å². The molecule has 0 aliphatic rings. The summed E-state index contributed by atoms with van der Waals surface area (Å²) in [5, 5.41) is 0.602. The van der Waals surface area contributed by atoms with E-state index < -0.39 is 9.84 Å². The Bertz CT molecular complexity index is 1160. The maximum absolute atomic E-state index is 13.4. The third kappa shape index (κ3) is 5.26. The summed E-state index contributed by atoms with van der Waals surface area (Å²) in [5.41, 5.74) is 1.15. The highest BCUT2D eigenvalue weighted by Crippen LogP contribution is 2.31. The van der Waals surface area contributed by atoms with Crippen LogP contribution in [-0.4, -0.2) is 56.6 Å². The molecule has 0 aliphatic heterocycles. The zero-order valence-electron chi connectivity index (χ0n) is 17.1. The Morgan fingerprint density at radius 2 is 1.83 bits per heavy atom. The molecule has 0 aliphatic carbocycles. The number of nitrogens with zero attached hydrogens (tertiary/aromatic N) is 3. The van der Waals surface area contributed by atoms with E-state index in [1.54, 1.807) is 17.0 Å². The average Bonchev–Trinajstić information content (AvgIpc) is 3.13. The van der Waals surface area contributed by atoms with E-state index in [0.717, 1.165) is 34.0 Å². The van der Waals surface area contributed by atoms with Gasteiger partial charge in [0.1, 0.15) is 0 Å². The summed E-state index contributed by atoms with van der Waals surface area (Å²) in [6.07, 6.45) is 1.14. The maximum atomic E-state index is 13.4. The van der Waals surface area contributed by atoms with E-state index >= 15 is 0 Å². The van der Waals surface area contributed by atoms with Gasteiger partial charge in [0.2, 0.25) is 0 Å². The number of sulfone groups is 1. The zero-order chi connectivity index (χ0) is 21.9. The smallest absolute Gasteiger partial charge is 0.260 e. The van der Waals surface area contributed by atoms with Crippen LogP contribution in [0, 0.1) is 0 Å². The van der Waals surface area contributed by atoms with Crippen molar-refractivity contribution in [3.8, 4) is 0 Å². The Hall–Kier alpha value is -1.81. The van der Waals surface area contributed by atoms with Crippen molar-refractivity contribution in [2.75, 3.05) is 37.3 Å². The number of likely N-dealkylation sites (N-methyl/N-ethyl adjacent to an activating group) is 1. The number of thiazole rings is 1. The van der Waals surface area contributed by atoms with Gasteiger partial charge in [-0.15, -0.1) is 0 Å². The predicted molar refractivity (Wildman–Crippen MR) is 126 cm³/mol. The summed E-state index contributed by atoms with van der Waals surface area (Å²) in [4.78, 5) is 22.1. The molecule has 0 saturated carbocycles. The van der Waals surface area contributed by atoms with Crippen LogP contribution in [-0.2, 0) is 9.84 Å². The molecular weight excluding hydrogens is 486 g/mol. The van der Waals surface area contributed by atoms with E-state index in [1.807, 2.05) is 18.2 Å². The molecule has 9 heteroatoms. The van der Waals surface area contributed by atoms with Crippen LogP contribution in [0.4, 0.5) is 5.13 Å². The van der Waals surface area contributed by atoms with Crippen LogP contribution in [0.5, 0.6) is 0 Å². The first-order chi connectivity index (χ1) is 14.2. The van der Waals surface area contributed by atoms with Gasteiger partial charge in [-0.25, -0.2) is 13.4 Å². The highest BCUT2D eigenvalue weighted by Gasteiger charge is 2.23. The molecule has 0 unspecified atom stereocenters. The largest absolute Gasteiger partial charge is 0.302 e. The number of aromatic nitrogens is 1. The lowest BCUT2D eigenvalue weighted by Crippen LogP contribution is -2.38. The van der Waals surface area contributed by atoms with E-state index in [1.165, 1.54) is 23.5 Å². The van der Waals surface area contributed by atoms with Crippen molar-refractivity contribution in [3.05, 3.63) is 52.5 Å². The number of amides is 1. The molecule has 3 aromatic rings. The number of rotatable bonds is 8. The quantitative estimate of drug-likeness (QED) is 0.448. The second-order valence-corrected chi connectivity index (χ2v) is 10.8. The Kier molecular flexibility index (Phi) is 7.28. The van der Waals surface area contributed by atoms with Gasteiger partial charge < -0.3 is 4.90 Å². The molecule has 0 N–H and O–H groups in total. The average molecular weight is 510 g/mol. The number of anilines is 1. The van der Waals surface area contributed by atoms with Crippen LogP contribution in [0.2, 0.25) is 0 Å². The molecule has 2 aromatic carbocycles. The molecule has 0 fully saturated rings. The van der Waals surface area contributed by atoms with Crippen LogP contribution in [0.3, 0.4) is 0 Å². The van der Waals surface area contributed by atoms with Gasteiger partial charge in [0.15, 0.2) is 15.0 Å². The van der Waals surface area contributed by atoms with Gasteiger partial charge in [-0.05, 0) is 49.5 Å². The molecule has 0 saturated heterocycles. The molecule has 0 atom stereocenters. The number of hydrogen-bond donors (Lipinski definition) is 0. The third-order valence-corrected chi connectivity index (χ3v) is 7.50. The molecule has 6 nitrogen and oxygen atoms in total. The van der Waals surface area contributed by atoms with Crippen molar-refractivity contribution in [1.29, 1.82) is 0 Å². The van der Waals surface area contributed by atoms with Gasteiger partial charge >= 0.3 is 0 Å². The fraction of sp³-hybridized carbons (Fsp3) is 0.333. The minimum absolute atomic E-state index is 0.130. The van der Waals surface area contributed by atoms with Crippen LogP contribution in [0.15, 0.2) is 51.8 Å². The Balaban J connectivity index is 2.00. The topological polar surface area (TPSA) is 70.6 Å². The van der Waals surface area contributed by atoms with Gasteiger partial charge in [-0.1, -0.05) is 47.2 Å². The Labute approximate surface area is 189 Å². The molecule has 3 rings (SSSR count). The molecule has 0 radical (unpaired) electrons. The first-order valence-corrected chi connectivity index (χ1v) is 13.1. The van der Waals surface area contributed by atoms with E-state index in [0.29, 0.717) is 23.8 Å². The molecule has 1 amide bonds. The molecular formula is C21H24BrN3O3S2. The Morgan fingerprint density at radius 3 is 2.50 bits per heavy atom. The number of benzene rings is 2. The van der Waals surface area contributed by atoms with Crippen molar-refractivity contribution in [3.63, 3.8) is 0 Å². The summed E-state index contributed by atoms with van der Waals surface area (Å²) in [5.74, 6) is -0.259. The van der Waals surface area contributed by atoms with Crippen molar-refractivity contribution in [2.24, 2.45) is 0 Å². The third-order valence-electron chi connectivity index (χ3n) is 4.86. The SMILES string of the molecule is CCN(CC)CCN(C(=O)c1cccc(S(C)(=O)=O)c1)c1nc2ccc(Br)cc2s1. The normalized spacial score (nSPS) is 11.9. The highest BCUT2D eigenvalue weighted by atomic mass is 79.9. The van der Waals surface area contributed by atoms with Gasteiger partial charge in [-0.2, -0.15) is 0 Å². The molecule has 30 heavy (non-hydrogen) atoms. The standard InChI is InChI=1S/C21H24BrN3O3S2/c1-4-24(5-2)11-12-25(21-23-18-10-9-16(22)14-19(18)29-21)20(26)15-7-6-8-17(13-15)30(3,27)28/h6-10,13-14H,4-5,11-12H2,1-3H3. The zero-order valence-corrected chi connectivity index (χ0v) is 20.3. The summed E-state index contributed by atoms with van der Waals surface area (Å²) in [7, 11) is -3.41. The monoisotopic (exact) mass is 509 g/mol. The highest BCUT2D eigenvalue weighted by molar-refractivity contribution is 9.10. The Morgan fingerprint density at radius 1 is 1.10 bits per heavy atom.